The van der Waals surface area contributed by atoms with Gasteiger partial charge in [0.25, 0.3) is 5.91 Å². The van der Waals surface area contributed by atoms with Gasteiger partial charge < -0.3 is 19.8 Å². The number of rotatable bonds is 8. The highest BCUT2D eigenvalue weighted by atomic mass is 35.5. The highest BCUT2D eigenvalue weighted by Gasteiger charge is 2.42. The van der Waals surface area contributed by atoms with Crippen LogP contribution in [-0.2, 0) is 0 Å². The second-order valence-corrected chi connectivity index (χ2v) is 8.23. The molecule has 3 aromatic rings. The topological polar surface area (TPSA) is 98.7 Å². The number of benzene rings is 2. The van der Waals surface area contributed by atoms with E-state index in [1.165, 1.54) is 6.07 Å². The number of phenols is 2. The fourth-order valence-electron chi connectivity index (χ4n) is 4.18. The molecule has 1 aliphatic heterocycles. The Morgan fingerprint density at radius 1 is 1.12 bits per heavy atom. The van der Waals surface area contributed by atoms with Gasteiger partial charge >= 0.3 is 0 Å². The fourth-order valence-corrected chi connectivity index (χ4v) is 4.35. The van der Waals surface area contributed by atoms with E-state index in [0.29, 0.717) is 46.4 Å². The second kappa shape index (κ2) is 9.12. The van der Waals surface area contributed by atoms with Gasteiger partial charge in [-0.2, -0.15) is 5.10 Å². The maximum absolute atomic E-state index is 13.3. The standard InChI is InChI=1S/C24H26ClN3O4/c1-3-5-6-11-28-23(14-7-9-18(30)19(12-14)32-4-2)20-21(26-27-22(20)24(28)31)16-13-15(25)8-10-17(16)29/h7-10,12-13,23,29-30H,3-6,11H2,1-2H3,(H,26,27). The first-order chi connectivity index (χ1) is 15.5. The lowest BCUT2D eigenvalue weighted by Gasteiger charge is -2.27. The molecule has 1 aromatic heterocycles. The van der Waals surface area contributed by atoms with Crippen LogP contribution in [0.4, 0.5) is 0 Å². The Morgan fingerprint density at radius 2 is 1.91 bits per heavy atom. The predicted molar refractivity (Wildman–Crippen MR) is 122 cm³/mol. The van der Waals surface area contributed by atoms with Crippen molar-refractivity contribution >= 4 is 17.5 Å². The third-order valence-corrected chi connectivity index (χ3v) is 5.91. The lowest BCUT2D eigenvalue weighted by atomic mass is 9.95. The van der Waals surface area contributed by atoms with Crippen LogP contribution in [0.15, 0.2) is 36.4 Å². The third kappa shape index (κ3) is 3.88. The number of fused-ring (bicyclic) bond motifs is 1. The quantitative estimate of drug-likeness (QED) is 0.401. The first-order valence-electron chi connectivity index (χ1n) is 10.8. The zero-order valence-electron chi connectivity index (χ0n) is 18.1. The molecule has 1 atom stereocenters. The highest BCUT2D eigenvalue weighted by molar-refractivity contribution is 6.31. The van der Waals surface area contributed by atoms with Crippen molar-refractivity contribution in [3.8, 4) is 28.5 Å². The average molecular weight is 456 g/mol. The van der Waals surface area contributed by atoms with Crippen molar-refractivity contribution in [2.24, 2.45) is 0 Å². The highest BCUT2D eigenvalue weighted by Crippen LogP contribution is 2.46. The van der Waals surface area contributed by atoms with Gasteiger partial charge in [0, 0.05) is 22.7 Å². The summed E-state index contributed by atoms with van der Waals surface area (Å²) in [4.78, 5) is 15.1. The maximum atomic E-state index is 13.3. The first-order valence-corrected chi connectivity index (χ1v) is 11.2. The van der Waals surface area contributed by atoms with Gasteiger partial charge in [-0.25, -0.2) is 0 Å². The van der Waals surface area contributed by atoms with Gasteiger partial charge in [-0.05, 0) is 49.2 Å². The van der Waals surface area contributed by atoms with Gasteiger partial charge in [-0.1, -0.05) is 37.4 Å². The fraction of sp³-hybridized carbons (Fsp3) is 0.333. The van der Waals surface area contributed by atoms with Crippen molar-refractivity contribution in [1.29, 1.82) is 0 Å². The number of hydrogen-bond donors (Lipinski definition) is 3. The van der Waals surface area contributed by atoms with E-state index in [-0.39, 0.29) is 17.4 Å². The predicted octanol–water partition coefficient (Wildman–Crippen LogP) is 5.28. The summed E-state index contributed by atoms with van der Waals surface area (Å²) in [6, 6.07) is 9.42. The average Bonchev–Trinajstić information content (AvgIpc) is 3.31. The second-order valence-electron chi connectivity index (χ2n) is 7.79. The maximum Gasteiger partial charge on any atom is 0.273 e. The molecule has 0 fully saturated rings. The van der Waals surface area contributed by atoms with Crippen molar-refractivity contribution < 1.29 is 19.7 Å². The SMILES string of the molecule is CCCCCN1C(=O)c2[nH]nc(-c3cc(Cl)ccc3O)c2C1c1ccc(O)c(OCC)c1. The van der Waals surface area contributed by atoms with Crippen LogP contribution < -0.4 is 4.74 Å². The summed E-state index contributed by atoms with van der Waals surface area (Å²) in [6.07, 6.45) is 2.91. The molecule has 7 nitrogen and oxygen atoms in total. The molecule has 1 unspecified atom stereocenters. The number of aromatic hydroxyl groups is 2. The minimum Gasteiger partial charge on any atom is -0.507 e. The number of nitrogens with one attached hydrogen (secondary N) is 1. The Labute approximate surface area is 191 Å². The molecule has 168 valence electrons. The number of unbranched alkanes of at least 4 members (excludes halogenated alkanes) is 2. The number of aromatic nitrogens is 2. The van der Waals surface area contributed by atoms with Crippen LogP contribution in [0.5, 0.6) is 17.2 Å². The van der Waals surface area contributed by atoms with E-state index < -0.39 is 6.04 Å². The monoisotopic (exact) mass is 455 g/mol. The van der Waals surface area contributed by atoms with E-state index in [4.69, 9.17) is 16.3 Å². The van der Waals surface area contributed by atoms with E-state index in [1.807, 2.05) is 11.8 Å². The molecule has 1 aliphatic rings. The number of hydrogen-bond acceptors (Lipinski definition) is 5. The molecule has 4 rings (SSSR count). The van der Waals surface area contributed by atoms with E-state index >= 15 is 0 Å². The number of nitrogens with zero attached hydrogens (tertiary/aromatic N) is 2. The van der Waals surface area contributed by atoms with Crippen molar-refractivity contribution in [3.63, 3.8) is 0 Å². The number of H-pyrrole nitrogens is 1. The zero-order chi connectivity index (χ0) is 22.8. The molecule has 0 aliphatic carbocycles. The van der Waals surface area contributed by atoms with Gasteiger partial charge in [0.2, 0.25) is 0 Å². The number of carbonyl (C=O) groups excluding carboxylic acids is 1. The minimum absolute atomic E-state index is 0.0278. The van der Waals surface area contributed by atoms with Gasteiger partial charge in [0.15, 0.2) is 11.5 Å². The molecule has 0 bridgehead atoms. The van der Waals surface area contributed by atoms with Gasteiger partial charge in [0.05, 0.1) is 12.6 Å². The molecular weight excluding hydrogens is 430 g/mol. The van der Waals surface area contributed by atoms with Crippen molar-refractivity contribution in [2.45, 2.75) is 39.2 Å². The number of halogens is 1. The molecule has 0 saturated carbocycles. The molecule has 8 heteroatoms. The van der Waals surface area contributed by atoms with Crippen LogP contribution in [0.3, 0.4) is 0 Å². The lowest BCUT2D eigenvalue weighted by Crippen LogP contribution is -2.30. The van der Waals surface area contributed by atoms with E-state index in [1.54, 1.807) is 30.3 Å². The normalized spacial score (nSPS) is 15.3. The smallest absolute Gasteiger partial charge is 0.273 e. The summed E-state index contributed by atoms with van der Waals surface area (Å²) < 4.78 is 5.58. The van der Waals surface area contributed by atoms with Crippen LogP contribution in [0.2, 0.25) is 5.02 Å². The molecule has 0 radical (unpaired) electrons. The third-order valence-electron chi connectivity index (χ3n) is 5.68. The molecule has 2 aromatic carbocycles. The zero-order valence-corrected chi connectivity index (χ0v) is 18.8. The Bertz CT molecular complexity index is 1140. The van der Waals surface area contributed by atoms with Gasteiger partial charge in [0.1, 0.15) is 17.1 Å². The molecule has 3 N–H and O–H groups in total. The van der Waals surface area contributed by atoms with E-state index in [9.17, 15) is 15.0 Å². The van der Waals surface area contributed by atoms with Gasteiger partial charge in [-0.3, -0.25) is 9.89 Å². The van der Waals surface area contributed by atoms with Crippen molar-refractivity contribution in [2.75, 3.05) is 13.2 Å². The Hall–Kier alpha value is -3.19. The summed E-state index contributed by atoms with van der Waals surface area (Å²) in [7, 11) is 0. The van der Waals surface area contributed by atoms with Crippen LogP contribution >= 0.6 is 11.6 Å². The summed E-state index contributed by atoms with van der Waals surface area (Å²) in [5.41, 5.74) is 2.79. The molecule has 32 heavy (non-hydrogen) atoms. The lowest BCUT2D eigenvalue weighted by molar-refractivity contribution is 0.0740. The van der Waals surface area contributed by atoms with Gasteiger partial charge in [-0.15, -0.1) is 0 Å². The van der Waals surface area contributed by atoms with Crippen LogP contribution in [0, 0.1) is 0 Å². The number of phenolic OH excluding ortho intramolecular Hbond substituents is 2. The number of ether oxygens (including phenoxy) is 1. The summed E-state index contributed by atoms with van der Waals surface area (Å²) >= 11 is 6.18. The number of aromatic amines is 1. The van der Waals surface area contributed by atoms with Crippen molar-refractivity contribution in [3.05, 3.63) is 58.2 Å². The Balaban J connectivity index is 1.87. The van der Waals surface area contributed by atoms with Crippen LogP contribution in [-0.4, -0.2) is 44.4 Å². The van der Waals surface area contributed by atoms with Crippen LogP contribution in [0.1, 0.15) is 60.8 Å². The number of carbonyl (C=O) groups is 1. The van der Waals surface area contributed by atoms with Crippen molar-refractivity contribution in [1.82, 2.24) is 15.1 Å². The Morgan fingerprint density at radius 3 is 2.66 bits per heavy atom. The summed E-state index contributed by atoms with van der Waals surface area (Å²) in [6.45, 7) is 4.94. The summed E-state index contributed by atoms with van der Waals surface area (Å²) in [5, 5.41) is 28.4. The molecule has 2 heterocycles. The first kappa shape index (κ1) is 22.0. The molecule has 0 spiro atoms. The number of amides is 1. The molecule has 1 amide bonds. The molecular formula is C24H26ClN3O4. The molecule has 0 saturated heterocycles. The van der Waals surface area contributed by atoms with E-state index in [2.05, 4.69) is 17.1 Å². The minimum atomic E-state index is -0.443. The van der Waals surface area contributed by atoms with E-state index in [0.717, 1.165) is 24.8 Å². The van der Waals surface area contributed by atoms with Crippen LogP contribution in [0.25, 0.3) is 11.3 Å². The largest absolute Gasteiger partial charge is 0.507 e. The Kier molecular flexibility index (Phi) is 6.28. The summed E-state index contributed by atoms with van der Waals surface area (Å²) in [5.74, 6) is 0.278.